The fourth-order valence-electron chi connectivity index (χ4n) is 5.07. The zero-order valence-electron chi connectivity index (χ0n) is 20.2. The van der Waals surface area contributed by atoms with Crippen LogP contribution in [0.2, 0.25) is 0 Å². The van der Waals surface area contributed by atoms with Crippen molar-refractivity contribution >= 4 is 22.9 Å². The van der Waals surface area contributed by atoms with Gasteiger partial charge in [-0.25, -0.2) is 14.2 Å². The van der Waals surface area contributed by atoms with Crippen LogP contribution in [0, 0.1) is 26.7 Å². The Morgan fingerprint density at radius 1 is 1.00 bits per heavy atom. The average molecular weight is 473 g/mol. The van der Waals surface area contributed by atoms with E-state index in [2.05, 4.69) is 54.1 Å². The molecule has 0 aliphatic carbocycles. The maximum Gasteiger partial charge on any atom is 0.174 e. The van der Waals surface area contributed by atoms with Gasteiger partial charge in [0.2, 0.25) is 0 Å². The van der Waals surface area contributed by atoms with Crippen molar-refractivity contribution in [2.45, 2.75) is 52.9 Å². The molecule has 7 heteroatoms. The summed E-state index contributed by atoms with van der Waals surface area (Å²) in [5.41, 5.74) is 6.75. The minimum Gasteiger partial charge on any atom is -0.366 e. The Hall–Kier alpha value is -3.06. The number of aromatic nitrogens is 5. The molecule has 3 aromatic heterocycles. The van der Waals surface area contributed by atoms with Crippen molar-refractivity contribution in [3.63, 3.8) is 0 Å². The summed E-state index contributed by atoms with van der Waals surface area (Å²) in [6.45, 7) is 8.36. The fraction of sp³-hybridized carbons (Fsp3) is 0.407. The summed E-state index contributed by atoms with van der Waals surface area (Å²) in [4.78, 5) is 7.87. The molecule has 1 aromatic carbocycles. The third-order valence-corrected chi connectivity index (χ3v) is 7.56. The molecule has 34 heavy (non-hydrogen) atoms. The normalized spacial score (nSPS) is 14.7. The van der Waals surface area contributed by atoms with Crippen LogP contribution in [0.4, 0.5) is 0 Å². The molecule has 4 heterocycles. The highest BCUT2D eigenvalue weighted by molar-refractivity contribution is 7.80. The van der Waals surface area contributed by atoms with Crippen LogP contribution in [0.15, 0.2) is 48.7 Å². The van der Waals surface area contributed by atoms with Gasteiger partial charge in [-0.15, -0.1) is 5.10 Å². The Labute approximate surface area is 206 Å². The van der Waals surface area contributed by atoms with Gasteiger partial charge < -0.3 is 4.90 Å². The second-order valence-corrected chi connectivity index (χ2v) is 9.91. The van der Waals surface area contributed by atoms with Crippen LogP contribution in [0.5, 0.6) is 0 Å². The maximum atomic E-state index is 5.86. The van der Waals surface area contributed by atoms with Crippen molar-refractivity contribution in [2.24, 2.45) is 5.92 Å². The smallest absolute Gasteiger partial charge is 0.174 e. The van der Waals surface area contributed by atoms with Crippen LogP contribution in [-0.2, 0) is 12.8 Å². The van der Waals surface area contributed by atoms with Crippen molar-refractivity contribution in [1.82, 2.24) is 29.3 Å². The Bertz CT molecular complexity index is 1300. The quantitative estimate of drug-likeness (QED) is 0.367. The van der Waals surface area contributed by atoms with Gasteiger partial charge in [-0.05, 0) is 75.6 Å². The van der Waals surface area contributed by atoms with Gasteiger partial charge in [0.25, 0.3) is 0 Å². The first kappa shape index (κ1) is 22.7. The Morgan fingerprint density at radius 2 is 1.76 bits per heavy atom. The molecule has 0 saturated carbocycles. The first-order chi connectivity index (χ1) is 16.5. The van der Waals surface area contributed by atoms with E-state index >= 15 is 0 Å². The van der Waals surface area contributed by atoms with Gasteiger partial charge in [0.1, 0.15) is 0 Å². The molecule has 0 atom stereocenters. The molecule has 0 N–H and O–H groups in total. The van der Waals surface area contributed by atoms with Crippen molar-refractivity contribution in [2.75, 3.05) is 13.1 Å². The van der Waals surface area contributed by atoms with E-state index < -0.39 is 0 Å². The molecule has 176 valence electrons. The lowest BCUT2D eigenvalue weighted by Crippen LogP contribution is -2.38. The number of thiocarbonyl (C=S) groups is 1. The molecule has 0 bridgehead atoms. The molecule has 0 amide bonds. The number of hydrogen-bond acceptors (Lipinski definition) is 4. The second kappa shape index (κ2) is 9.66. The number of benzene rings is 1. The van der Waals surface area contributed by atoms with E-state index in [9.17, 15) is 0 Å². The van der Waals surface area contributed by atoms with Crippen molar-refractivity contribution in [3.05, 3.63) is 76.9 Å². The minimum atomic E-state index is 0.758. The molecule has 0 radical (unpaired) electrons. The molecule has 1 fully saturated rings. The minimum absolute atomic E-state index is 0.758. The first-order valence-electron chi connectivity index (χ1n) is 12.2. The molecule has 0 unspecified atom stereocenters. The van der Waals surface area contributed by atoms with Crippen LogP contribution >= 0.6 is 12.2 Å². The predicted octanol–water partition coefficient (Wildman–Crippen LogP) is 5.05. The van der Waals surface area contributed by atoms with Crippen LogP contribution in [0.3, 0.4) is 0 Å². The van der Waals surface area contributed by atoms with Crippen molar-refractivity contribution in [3.8, 4) is 5.82 Å². The highest BCUT2D eigenvalue weighted by Gasteiger charge is 2.22. The summed E-state index contributed by atoms with van der Waals surface area (Å²) < 4.78 is 3.81. The number of nitrogens with zero attached hydrogens (tertiary/aromatic N) is 6. The lowest BCUT2D eigenvalue weighted by atomic mass is 9.90. The Balaban J connectivity index is 1.20. The van der Waals surface area contributed by atoms with Gasteiger partial charge in [0.15, 0.2) is 11.5 Å². The van der Waals surface area contributed by atoms with Gasteiger partial charge in [0, 0.05) is 25.2 Å². The molecule has 6 nitrogen and oxygen atoms in total. The fourth-order valence-corrected chi connectivity index (χ4v) is 5.36. The number of hydrogen-bond donors (Lipinski definition) is 0. The number of aryl methyl sites for hydroxylation is 2. The SMILES string of the molecule is Cc1nn(-c2ccc3ncc(C)n3n2)c(C)c1CCC(=S)N1CCC(Cc2ccccc2)CC1. The van der Waals surface area contributed by atoms with E-state index in [0.717, 1.165) is 65.4 Å². The van der Waals surface area contributed by atoms with E-state index in [4.69, 9.17) is 22.4 Å². The summed E-state index contributed by atoms with van der Waals surface area (Å²) >= 11 is 5.86. The van der Waals surface area contributed by atoms with Gasteiger partial charge in [0.05, 0.1) is 22.6 Å². The van der Waals surface area contributed by atoms with Crippen LogP contribution < -0.4 is 0 Å². The lowest BCUT2D eigenvalue weighted by Gasteiger charge is -2.34. The molecular weight excluding hydrogens is 440 g/mol. The van der Waals surface area contributed by atoms with Crippen molar-refractivity contribution in [1.29, 1.82) is 0 Å². The van der Waals surface area contributed by atoms with Crippen LogP contribution in [-0.4, -0.2) is 47.4 Å². The Morgan fingerprint density at radius 3 is 2.53 bits per heavy atom. The third kappa shape index (κ3) is 4.62. The maximum absolute atomic E-state index is 5.86. The zero-order valence-corrected chi connectivity index (χ0v) is 21.1. The highest BCUT2D eigenvalue weighted by atomic mass is 32.1. The van der Waals surface area contributed by atoms with Gasteiger partial charge in [-0.1, -0.05) is 42.5 Å². The van der Waals surface area contributed by atoms with Gasteiger partial charge >= 0.3 is 0 Å². The second-order valence-electron chi connectivity index (χ2n) is 9.44. The van der Waals surface area contributed by atoms with E-state index in [-0.39, 0.29) is 0 Å². The monoisotopic (exact) mass is 472 g/mol. The molecule has 0 spiro atoms. The summed E-state index contributed by atoms with van der Waals surface area (Å²) in [6, 6.07) is 14.8. The number of rotatable bonds is 6. The molecule has 4 aromatic rings. The van der Waals surface area contributed by atoms with E-state index in [1.165, 1.54) is 30.4 Å². The van der Waals surface area contributed by atoms with Gasteiger partial charge in [-0.3, -0.25) is 0 Å². The standard InChI is InChI=1S/C27H32N6S/c1-19-18-28-25-10-11-26(30-32(19)25)33-21(3)24(20(2)29-33)9-12-27(34)31-15-13-23(14-16-31)17-22-7-5-4-6-8-22/h4-8,10-11,18,23H,9,12-17H2,1-3H3. The third-order valence-electron chi connectivity index (χ3n) is 7.10. The first-order valence-corrected chi connectivity index (χ1v) is 12.6. The average Bonchev–Trinajstić information content (AvgIpc) is 3.37. The van der Waals surface area contributed by atoms with E-state index in [0.29, 0.717) is 0 Å². The molecule has 1 aliphatic heterocycles. The Kier molecular flexibility index (Phi) is 6.46. The molecule has 1 saturated heterocycles. The molecule has 5 rings (SSSR count). The topological polar surface area (TPSA) is 51.3 Å². The summed E-state index contributed by atoms with van der Waals surface area (Å²) in [7, 11) is 0. The van der Waals surface area contributed by atoms with Crippen LogP contribution in [0.25, 0.3) is 11.5 Å². The van der Waals surface area contributed by atoms with Crippen LogP contribution in [0.1, 0.15) is 47.5 Å². The summed E-state index contributed by atoms with van der Waals surface area (Å²) in [5.74, 6) is 1.57. The lowest BCUT2D eigenvalue weighted by molar-refractivity contribution is 0.265. The zero-order chi connectivity index (χ0) is 23.7. The number of imidazole rings is 1. The largest absolute Gasteiger partial charge is 0.366 e. The molecule has 1 aliphatic rings. The number of piperidine rings is 1. The van der Waals surface area contributed by atoms with E-state index in [1.807, 2.05) is 34.5 Å². The predicted molar refractivity (Wildman–Crippen MR) is 140 cm³/mol. The highest BCUT2D eigenvalue weighted by Crippen LogP contribution is 2.24. The van der Waals surface area contributed by atoms with E-state index in [1.54, 1.807) is 0 Å². The van der Waals surface area contributed by atoms with Gasteiger partial charge in [-0.2, -0.15) is 5.10 Å². The number of fused-ring (bicyclic) bond motifs is 1. The summed E-state index contributed by atoms with van der Waals surface area (Å²) in [5, 5.41) is 9.55. The van der Waals surface area contributed by atoms with Crippen molar-refractivity contribution < 1.29 is 0 Å². The summed E-state index contributed by atoms with van der Waals surface area (Å²) in [6.07, 6.45) is 7.24. The molecular formula is C27H32N6S. The number of likely N-dealkylation sites (tertiary alicyclic amines) is 1.